The third-order valence-electron chi connectivity index (χ3n) is 2.59. The molecule has 0 spiro atoms. The number of hydrogen-bond acceptors (Lipinski definition) is 4. The van der Waals surface area contributed by atoms with Gasteiger partial charge in [-0.1, -0.05) is 5.16 Å². The Balaban J connectivity index is 1.97. The Bertz CT molecular complexity index is 488. The van der Waals surface area contributed by atoms with Crippen LogP contribution in [0.15, 0.2) is 28.9 Å². The molecule has 1 aliphatic rings. The zero-order valence-electron chi connectivity index (χ0n) is 8.18. The van der Waals surface area contributed by atoms with Gasteiger partial charge in [-0.05, 0) is 25.0 Å². The molecule has 0 aromatic carbocycles. The minimum absolute atomic E-state index is 0.497. The first kappa shape index (κ1) is 8.47. The van der Waals surface area contributed by atoms with Gasteiger partial charge in [-0.15, -0.1) is 0 Å². The number of nitrogens with zero attached hydrogens (tertiary/aromatic N) is 2. The molecular weight excluding hydrogens is 190 g/mol. The molecule has 0 unspecified atom stereocenters. The fourth-order valence-corrected chi connectivity index (χ4v) is 1.60. The van der Waals surface area contributed by atoms with Gasteiger partial charge < -0.3 is 10.3 Å². The van der Waals surface area contributed by atoms with Gasteiger partial charge in [0.15, 0.2) is 5.76 Å². The molecule has 0 atom stereocenters. The lowest BCUT2D eigenvalue weighted by Gasteiger charge is -1.95. The summed E-state index contributed by atoms with van der Waals surface area (Å²) >= 11 is 0. The summed E-state index contributed by atoms with van der Waals surface area (Å²) in [5, 5.41) is 4.05. The maximum Gasteiger partial charge on any atom is 0.167 e. The van der Waals surface area contributed by atoms with E-state index in [-0.39, 0.29) is 0 Å². The van der Waals surface area contributed by atoms with Crippen molar-refractivity contribution >= 4 is 5.82 Å². The average Bonchev–Trinajstić information content (AvgIpc) is 2.97. The standard InChI is InChI=1S/C11H11N3O/c12-11-5-8(3-4-13-11)10-6-9(14-15-10)7-1-2-7/h3-7H,1-2H2,(H2,12,13). The molecule has 0 radical (unpaired) electrons. The summed E-state index contributed by atoms with van der Waals surface area (Å²) in [6.07, 6.45) is 4.12. The second-order valence-corrected chi connectivity index (χ2v) is 3.86. The van der Waals surface area contributed by atoms with Gasteiger partial charge in [-0.25, -0.2) is 4.98 Å². The summed E-state index contributed by atoms with van der Waals surface area (Å²) in [4.78, 5) is 3.94. The number of pyridine rings is 1. The Kier molecular flexibility index (Phi) is 1.74. The molecule has 1 saturated carbocycles. The number of rotatable bonds is 2. The molecule has 4 heteroatoms. The van der Waals surface area contributed by atoms with E-state index in [1.165, 1.54) is 12.8 Å². The summed E-state index contributed by atoms with van der Waals surface area (Å²) in [6, 6.07) is 5.65. The Morgan fingerprint density at radius 3 is 2.93 bits per heavy atom. The second-order valence-electron chi connectivity index (χ2n) is 3.86. The van der Waals surface area contributed by atoms with E-state index in [9.17, 15) is 0 Å². The van der Waals surface area contributed by atoms with E-state index < -0.39 is 0 Å². The van der Waals surface area contributed by atoms with Gasteiger partial charge in [0.2, 0.25) is 0 Å². The van der Waals surface area contributed by atoms with E-state index in [1.54, 1.807) is 12.3 Å². The van der Waals surface area contributed by atoms with E-state index in [0.717, 1.165) is 17.0 Å². The zero-order chi connectivity index (χ0) is 10.3. The van der Waals surface area contributed by atoms with Gasteiger partial charge in [-0.2, -0.15) is 0 Å². The van der Waals surface area contributed by atoms with Gasteiger partial charge in [0.25, 0.3) is 0 Å². The predicted octanol–water partition coefficient (Wildman–Crippen LogP) is 2.20. The van der Waals surface area contributed by atoms with Crippen LogP contribution in [0.2, 0.25) is 0 Å². The number of nitrogens with two attached hydrogens (primary N) is 1. The maximum atomic E-state index is 5.60. The lowest BCUT2D eigenvalue weighted by atomic mass is 10.2. The van der Waals surface area contributed by atoms with Crippen molar-refractivity contribution in [2.24, 2.45) is 0 Å². The van der Waals surface area contributed by atoms with Crippen LogP contribution in [0.25, 0.3) is 11.3 Å². The summed E-state index contributed by atoms with van der Waals surface area (Å²) in [5.74, 6) is 1.88. The average molecular weight is 201 g/mol. The number of hydrogen-bond donors (Lipinski definition) is 1. The molecule has 4 nitrogen and oxygen atoms in total. The molecule has 0 aliphatic heterocycles. The van der Waals surface area contributed by atoms with E-state index in [0.29, 0.717) is 11.7 Å². The molecular formula is C11H11N3O. The normalized spacial score (nSPS) is 15.5. The highest BCUT2D eigenvalue weighted by atomic mass is 16.5. The van der Waals surface area contributed by atoms with Crippen LogP contribution in [0.4, 0.5) is 5.82 Å². The van der Waals surface area contributed by atoms with E-state index >= 15 is 0 Å². The van der Waals surface area contributed by atoms with Crippen molar-refractivity contribution in [3.63, 3.8) is 0 Å². The molecule has 2 aromatic rings. The van der Waals surface area contributed by atoms with Crippen LogP contribution in [0.1, 0.15) is 24.5 Å². The summed E-state index contributed by atoms with van der Waals surface area (Å²) < 4.78 is 5.27. The minimum Gasteiger partial charge on any atom is -0.384 e. The summed E-state index contributed by atoms with van der Waals surface area (Å²) in [7, 11) is 0. The van der Waals surface area contributed by atoms with E-state index in [4.69, 9.17) is 10.3 Å². The van der Waals surface area contributed by atoms with Crippen molar-refractivity contribution in [3.8, 4) is 11.3 Å². The number of aromatic nitrogens is 2. The van der Waals surface area contributed by atoms with Crippen molar-refractivity contribution in [1.29, 1.82) is 0 Å². The highest BCUT2D eigenvalue weighted by molar-refractivity contribution is 5.60. The fraction of sp³-hybridized carbons (Fsp3) is 0.273. The monoisotopic (exact) mass is 201 g/mol. The third kappa shape index (κ3) is 1.58. The molecule has 0 bridgehead atoms. The van der Waals surface area contributed by atoms with Crippen LogP contribution in [0, 0.1) is 0 Å². The van der Waals surface area contributed by atoms with Gasteiger partial charge in [-0.3, -0.25) is 0 Å². The van der Waals surface area contributed by atoms with E-state index in [1.807, 2.05) is 12.1 Å². The van der Waals surface area contributed by atoms with Crippen molar-refractivity contribution in [1.82, 2.24) is 10.1 Å². The van der Waals surface area contributed by atoms with Crippen molar-refractivity contribution in [2.75, 3.05) is 5.73 Å². The topological polar surface area (TPSA) is 64.9 Å². The Labute approximate surface area is 87.1 Å². The van der Waals surface area contributed by atoms with Crippen molar-refractivity contribution in [3.05, 3.63) is 30.1 Å². The van der Waals surface area contributed by atoms with Gasteiger partial charge >= 0.3 is 0 Å². The van der Waals surface area contributed by atoms with Gasteiger partial charge in [0, 0.05) is 23.7 Å². The van der Waals surface area contributed by atoms with Crippen LogP contribution in [0.3, 0.4) is 0 Å². The SMILES string of the molecule is Nc1cc(-c2cc(C3CC3)no2)ccn1. The lowest BCUT2D eigenvalue weighted by Crippen LogP contribution is -1.88. The first-order chi connectivity index (χ1) is 7.33. The Morgan fingerprint density at radius 2 is 2.20 bits per heavy atom. The van der Waals surface area contributed by atoms with Crippen molar-refractivity contribution in [2.45, 2.75) is 18.8 Å². The first-order valence-corrected chi connectivity index (χ1v) is 5.01. The molecule has 0 saturated heterocycles. The predicted molar refractivity (Wildman–Crippen MR) is 56.1 cm³/mol. The van der Waals surface area contributed by atoms with Gasteiger partial charge in [0.05, 0.1) is 5.69 Å². The smallest absolute Gasteiger partial charge is 0.167 e. The fourth-order valence-electron chi connectivity index (χ4n) is 1.60. The van der Waals surface area contributed by atoms with Crippen LogP contribution >= 0.6 is 0 Å². The van der Waals surface area contributed by atoms with Crippen molar-refractivity contribution < 1.29 is 4.52 Å². The number of anilines is 1. The third-order valence-corrected chi connectivity index (χ3v) is 2.59. The van der Waals surface area contributed by atoms with Gasteiger partial charge in [0.1, 0.15) is 5.82 Å². The Morgan fingerprint density at radius 1 is 1.33 bits per heavy atom. The molecule has 0 amide bonds. The summed E-state index contributed by atoms with van der Waals surface area (Å²) in [5.41, 5.74) is 7.59. The largest absolute Gasteiger partial charge is 0.384 e. The molecule has 1 aliphatic carbocycles. The summed E-state index contributed by atoms with van der Waals surface area (Å²) in [6.45, 7) is 0. The van der Waals surface area contributed by atoms with E-state index in [2.05, 4.69) is 10.1 Å². The highest BCUT2D eigenvalue weighted by Gasteiger charge is 2.27. The molecule has 76 valence electrons. The molecule has 1 fully saturated rings. The quantitative estimate of drug-likeness (QED) is 0.808. The maximum absolute atomic E-state index is 5.60. The molecule has 3 rings (SSSR count). The first-order valence-electron chi connectivity index (χ1n) is 5.01. The molecule has 2 N–H and O–H groups in total. The van der Waals surface area contributed by atoms with Crippen LogP contribution in [-0.2, 0) is 0 Å². The minimum atomic E-state index is 0.497. The Hall–Kier alpha value is -1.84. The highest BCUT2D eigenvalue weighted by Crippen LogP contribution is 2.40. The van der Waals surface area contributed by atoms with Crippen LogP contribution < -0.4 is 5.73 Å². The molecule has 15 heavy (non-hydrogen) atoms. The molecule has 2 aromatic heterocycles. The zero-order valence-corrected chi connectivity index (χ0v) is 8.18. The molecule has 2 heterocycles. The lowest BCUT2D eigenvalue weighted by molar-refractivity contribution is 0.424. The second kappa shape index (κ2) is 3.08. The number of nitrogen functional groups attached to an aromatic ring is 1. The van der Waals surface area contributed by atoms with Crippen LogP contribution in [0.5, 0.6) is 0 Å². The van der Waals surface area contributed by atoms with Crippen LogP contribution in [-0.4, -0.2) is 10.1 Å².